The van der Waals surface area contributed by atoms with Crippen LogP contribution in [0.3, 0.4) is 0 Å². The molecule has 7 heteroatoms. The summed E-state index contributed by atoms with van der Waals surface area (Å²) in [7, 11) is 0. The molecule has 3 N–H and O–H groups in total. The van der Waals surface area contributed by atoms with E-state index in [1.807, 2.05) is 31.2 Å². The molecule has 0 atom stereocenters. The highest BCUT2D eigenvalue weighted by molar-refractivity contribution is 8.00. The molecule has 148 valence electrons. The number of anilines is 1. The fraction of sp³-hybridized carbons (Fsp3) is 0.550. The number of hydrogen-bond acceptors (Lipinski definition) is 4. The van der Waals surface area contributed by atoms with Gasteiger partial charge in [-0.2, -0.15) is 0 Å². The fourth-order valence-corrected chi connectivity index (χ4v) is 3.96. The number of nitrogens with one attached hydrogen (secondary N) is 2. The average molecular weight is 393 g/mol. The molecule has 0 spiro atoms. The molecule has 1 aliphatic carbocycles. The van der Waals surface area contributed by atoms with Crippen molar-refractivity contribution < 1.29 is 19.5 Å². The number of benzene rings is 1. The molecule has 1 aromatic carbocycles. The lowest BCUT2D eigenvalue weighted by Crippen LogP contribution is -2.56. The lowest BCUT2D eigenvalue weighted by atomic mass is 9.75. The van der Waals surface area contributed by atoms with E-state index in [4.69, 9.17) is 0 Å². The first-order chi connectivity index (χ1) is 12.8. The molecule has 6 nitrogen and oxygen atoms in total. The second-order valence-electron chi connectivity index (χ2n) is 7.19. The van der Waals surface area contributed by atoms with Crippen molar-refractivity contribution >= 4 is 35.2 Å². The van der Waals surface area contributed by atoms with E-state index < -0.39 is 11.5 Å². The molecule has 1 aliphatic rings. The third-order valence-electron chi connectivity index (χ3n) is 5.13. The van der Waals surface area contributed by atoms with Gasteiger partial charge in [-0.15, -0.1) is 11.8 Å². The second-order valence-corrected chi connectivity index (χ2v) is 8.18. The third kappa shape index (κ3) is 6.27. The van der Waals surface area contributed by atoms with Gasteiger partial charge in [0, 0.05) is 5.69 Å². The van der Waals surface area contributed by atoms with Gasteiger partial charge in [-0.25, -0.2) is 4.79 Å². The van der Waals surface area contributed by atoms with Gasteiger partial charge in [0.25, 0.3) is 0 Å². The van der Waals surface area contributed by atoms with Crippen molar-refractivity contribution in [3.05, 3.63) is 29.8 Å². The highest BCUT2D eigenvalue weighted by Gasteiger charge is 2.42. The van der Waals surface area contributed by atoms with E-state index in [1.54, 1.807) is 0 Å². The standard InChI is InChI=1S/C20H28N2O4S/c1-3-15-8-10-20(11-9-15,19(25)26)22-18(24)13-27-12-17(23)21-16-6-4-14(2)5-7-16/h4-7,15H,3,8-13H2,1-2H3,(H,21,23)(H,22,24)(H,25,26). The molecule has 1 aromatic rings. The van der Waals surface area contributed by atoms with Gasteiger partial charge < -0.3 is 15.7 Å². The summed E-state index contributed by atoms with van der Waals surface area (Å²) in [5, 5.41) is 15.1. The van der Waals surface area contributed by atoms with Crippen molar-refractivity contribution in [2.75, 3.05) is 16.8 Å². The largest absolute Gasteiger partial charge is 0.480 e. The number of thioether (sulfide) groups is 1. The molecule has 1 saturated carbocycles. The first-order valence-corrected chi connectivity index (χ1v) is 10.5. The molecule has 0 saturated heterocycles. The zero-order valence-corrected chi connectivity index (χ0v) is 16.7. The minimum atomic E-state index is -1.16. The van der Waals surface area contributed by atoms with Crippen molar-refractivity contribution in [1.29, 1.82) is 0 Å². The zero-order valence-electron chi connectivity index (χ0n) is 15.9. The molecule has 0 aliphatic heterocycles. The number of carbonyl (C=O) groups is 3. The molecule has 0 bridgehead atoms. The van der Waals surface area contributed by atoms with Crippen molar-refractivity contribution in [3.8, 4) is 0 Å². The maximum Gasteiger partial charge on any atom is 0.329 e. The Morgan fingerprint density at radius 1 is 1.11 bits per heavy atom. The molecular weight excluding hydrogens is 364 g/mol. The topological polar surface area (TPSA) is 95.5 Å². The van der Waals surface area contributed by atoms with Crippen molar-refractivity contribution in [2.24, 2.45) is 5.92 Å². The summed E-state index contributed by atoms with van der Waals surface area (Å²) < 4.78 is 0. The number of carboxylic acids is 1. The van der Waals surface area contributed by atoms with Crippen LogP contribution in [0.5, 0.6) is 0 Å². The zero-order chi connectivity index (χ0) is 19.9. The minimum Gasteiger partial charge on any atom is -0.480 e. The number of hydrogen-bond donors (Lipinski definition) is 3. The summed E-state index contributed by atoms with van der Waals surface area (Å²) in [5.41, 5.74) is 0.667. The summed E-state index contributed by atoms with van der Waals surface area (Å²) in [6, 6.07) is 7.48. The molecule has 0 radical (unpaired) electrons. The molecule has 27 heavy (non-hydrogen) atoms. The quantitative estimate of drug-likeness (QED) is 0.631. The molecule has 0 unspecified atom stereocenters. The predicted molar refractivity (Wildman–Crippen MR) is 108 cm³/mol. The lowest BCUT2D eigenvalue weighted by molar-refractivity contribution is -0.149. The van der Waals surface area contributed by atoms with E-state index >= 15 is 0 Å². The normalized spacial score (nSPS) is 22.1. The Morgan fingerprint density at radius 3 is 2.26 bits per heavy atom. The summed E-state index contributed by atoms with van der Waals surface area (Å²) in [6.45, 7) is 4.08. The Hall–Kier alpha value is -2.02. The van der Waals surface area contributed by atoms with Crippen LogP contribution >= 0.6 is 11.8 Å². The number of carbonyl (C=O) groups excluding carboxylic acids is 2. The van der Waals surface area contributed by atoms with Gasteiger partial charge in [0.1, 0.15) is 5.54 Å². The summed E-state index contributed by atoms with van der Waals surface area (Å²) in [5.74, 6) is -0.748. The van der Waals surface area contributed by atoms with Crippen LogP contribution in [0.25, 0.3) is 0 Å². The minimum absolute atomic E-state index is 0.0630. The third-order valence-corrected chi connectivity index (χ3v) is 6.06. The van der Waals surface area contributed by atoms with Gasteiger partial charge >= 0.3 is 5.97 Å². The fourth-order valence-electron chi connectivity index (χ4n) is 3.34. The number of carboxylic acid groups (broad SMARTS) is 1. The van der Waals surface area contributed by atoms with E-state index in [-0.39, 0.29) is 23.3 Å². The molecule has 1 fully saturated rings. The van der Waals surface area contributed by atoms with Crippen LogP contribution in [0.2, 0.25) is 0 Å². The van der Waals surface area contributed by atoms with E-state index in [0.717, 1.165) is 24.8 Å². The number of rotatable bonds is 8. The number of amides is 2. The smallest absolute Gasteiger partial charge is 0.329 e. The van der Waals surface area contributed by atoms with Crippen molar-refractivity contribution in [1.82, 2.24) is 5.32 Å². The second kappa shape index (κ2) is 9.78. The van der Waals surface area contributed by atoms with Crippen LogP contribution in [0.4, 0.5) is 5.69 Å². The Labute approximate surface area is 164 Å². The Morgan fingerprint density at radius 2 is 1.70 bits per heavy atom. The molecule has 0 aromatic heterocycles. The van der Waals surface area contributed by atoms with Gasteiger partial charge in [0.05, 0.1) is 11.5 Å². The first kappa shape index (κ1) is 21.3. The van der Waals surface area contributed by atoms with E-state index in [2.05, 4.69) is 17.6 Å². The molecular formula is C20H28N2O4S. The Kier molecular flexibility index (Phi) is 7.71. The van der Waals surface area contributed by atoms with E-state index in [1.165, 1.54) is 11.8 Å². The van der Waals surface area contributed by atoms with Gasteiger partial charge in [-0.3, -0.25) is 9.59 Å². The van der Waals surface area contributed by atoms with Crippen LogP contribution < -0.4 is 10.6 Å². The Bertz CT molecular complexity index is 667. The predicted octanol–water partition coefficient (Wildman–Crippen LogP) is 3.21. The average Bonchev–Trinajstić information content (AvgIpc) is 2.64. The summed E-state index contributed by atoms with van der Waals surface area (Å²) >= 11 is 1.18. The summed E-state index contributed by atoms with van der Waals surface area (Å²) in [4.78, 5) is 35.9. The van der Waals surface area contributed by atoms with Crippen LogP contribution in [-0.2, 0) is 14.4 Å². The monoisotopic (exact) mass is 392 g/mol. The molecule has 2 rings (SSSR count). The maximum atomic E-state index is 12.2. The molecule has 0 heterocycles. The first-order valence-electron chi connectivity index (χ1n) is 9.33. The van der Waals surface area contributed by atoms with E-state index in [9.17, 15) is 19.5 Å². The van der Waals surface area contributed by atoms with Crippen molar-refractivity contribution in [2.45, 2.75) is 51.5 Å². The van der Waals surface area contributed by atoms with Gasteiger partial charge in [-0.05, 0) is 50.7 Å². The summed E-state index contributed by atoms with van der Waals surface area (Å²) in [6.07, 6.45) is 3.59. The van der Waals surface area contributed by atoms with Gasteiger partial charge in [0.15, 0.2) is 0 Å². The lowest BCUT2D eigenvalue weighted by Gasteiger charge is -2.37. The van der Waals surface area contributed by atoms with Crippen LogP contribution in [-0.4, -0.2) is 39.9 Å². The van der Waals surface area contributed by atoms with Crippen LogP contribution in [0.15, 0.2) is 24.3 Å². The maximum absolute atomic E-state index is 12.2. The Balaban J connectivity index is 1.76. The SMILES string of the molecule is CCC1CCC(NC(=O)CSCC(=O)Nc2ccc(C)cc2)(C(=O)O)CC1. The number of aryl methyl sites for hydroxylation is 1. The molecule has 2 amide bonds. The van der Waals surface area contributed by atoms with E-state index in [0.29, 0.717) is 24.4 Å². The highest BCUT2D eigenvalue weighted by Crippen LogP contribution is 2.34. The van der Waals surface area contributed by atoms with Crippen molar-refractivity contribution in [3.63, 3.8) is 0 Å². The highest BCUT2D eigenvalue weighted by atomic mass is 32.2. The van der Waals surface area contributed by atoms with Gasteiger partial charge in [-0.1, -0.05) is 31.0 Å². The van der Waals surface area contributed by atoms with Crippen LogP contribution in [0, 0.1) is 12.8 Å². The van der Waals surface area contributed by atoms with Gasteiger partial charge in [0.2, 0.25) is 11.8 Å². The number of aliphatic carboxylic acids is 1. The van der Waals surface area contributed by atoms with Crippen LogP contribution in [0.1, 0.15) is 44.6 Å².